The molecule has 0 aliphatic rings. The van der Waals surface area contributed by atoms with Crippen LogP contribution in [0, 0.1) is 26.6 Å². The van der Waals surface area contributed by atoms with Gasteiger partial charge in [0, 0.05) is 5.56 Å². The highest BCUT2D eigenvalue weighted by atomic mass is 19.1. The molecule has 4 aromatic rings. The molecule has 0 radical (unpaired) electrons. The molecular weight excluding hydrogens is 357 g/mol. The second-order valence-electron chi connectivity index (χ2n) is 6.81. The average molecular weight is 375 g/mol. The third-order valence-corrected chi connectivity index (χ3v) is 4.58. The number of aryl methyl sites for hydroxylation is 3. The van der Waals surface area contributed by atoms with Gasteiger partial charge in [0.2, 0.25) is 0 Å². The molecule has 0 saturated heterocycles. The summed E-state index contributed by atoms with van der Waals surface area (Å²) in [5.41, 5.74) is 4.67. The van der Waals surface area contributed by atoms with Crippen LogP contribution in [0.3, 0.4) is 0 Å². The van der Waals surface area contributed by atoms with Gasteiger partial charge in [0.05, 0.1) is 28.0 Å². The number of amides is 1. The number of hydrogen-bond acceptors (Lipinski definition) is 4. The summed E-state index contributed by atoms with van der Waals surface area (Å²) in [5.74, 6) is -0.943. The van der Waals surface area contributed by atoms with E-state index in [-0.39, 0.29) is 11.4 Å². The van der Waals surface area contributed by atoms with E-state index in [0.29, 0.717) is 22.3 Å². The summed E-state index contributed by atoms with van der Waals surface area (Å²) in [5, 5.41) is 7.10. The highest BCUT2D eigenvalue weighted by Crippen LogP contribution is 2.28. The van der Waals surface area contributed by atoms with Gasteiger partial charge in [0.1, 0.15) is 5.82 Å². The Morgan fingerprint density at radius 2 is 1.71 bits per heavy atom. The van der Waals surface area contributed by atoms with Gasteiger partial charge in [-0.05, 0) is 44.5 Å². The van der Waals surface area contributed by atoms with Crippen LogP contribution >= 0.6 is 0 Å². The minimum atomic E-state index is -0.495. The third-order valence-electron chi connectivity index (χ3n) is 4.58. The monoisotopic (exact) mass is 375 g/mol. The number of aromatic nitrogens is 2. The molecule has 0 unspecified atom stereocenters. The van der Waals surface area contributed by atoms with Crippen molar-refractivity contribution in [3.63, 3.8) is 0 Å². The van der Waals surface area contributed by atoms with Crippen molar-refractivity contribution in [2.45, 2.75) is 20.8 Å². The number of benzene rings is 2. The van der Waals surface area contributed by atoms with Crippen molar-refractivity contribution in [2.75, 3.05) is 5.32 Å². The second kappa shape index (κ2) is 6.88. The Balaban J connectivity index is 1.82. The quantitative estimate of drug-likeness (QED) is 0.534. The molecule has 0 fully saturated rings. The number of hydrogen-bond donors (Lipinski definition) is 1. The number of nitrogens with zero attached hydrogens (tertiary/aromatic N) is 2. The molecule has 2 heterocycles. The predicted octanol–water partition coefficient (Wildman–Crippen LogP) is 5.21. The number of pyridine rings is 1. The normalized spacial score (nSPS) is 11.0. The van der Waals surface area contributed by atoms with Crippen molar-refractivity contribution in [3.8, 4) is 11.3 Å². The molecule has 5 nitrogen and oxygen atoms in total. The molecule has 1 amide bonds. The molecule has 2 aromatic carbocycles. The van der Waals surface area contributed by atoms with Crippen molar-refractivity contribution in [3.05, 3.63) is 76.7 Å². The fourth-order valence-electron chi connectivity index (χ4n) is 3.07. The Bertz CT molecular complexity index is 1200. The first-order chi connectivity index (χ1) is 13.4. The molecule has 28 heavy (non-hydrogen) atoms. The van der Waals surface area contributed by atoms with E-state index >= 15 is 0 Å². The Morgan fingerprint density at radius 1 is 1.00 bits per heavy atom. The highest BCUT2D eigenvalue weighted by Gasteiger charge is 2.20. The molecule has 0 spiro atoms. The van der Waals surface area contributed by atoms with Gasteiger partial charge in [0.25, 0.3) is 11.6 Å². The van der Waals surface area contributed by atoms with Gasteiger partial charge in [-0.2, -0.15) is 0 Å². The molecular formula is C22H18FN3O2. The van der Waals surface area contributed by atoms with E-state index < -0.39 is 11.7 Å². The van der Waals surface area contributed by atoms with Gasteiger partial charge < -0.3 is 9.84 Å². The van der Waals surface area contributed by atoms with Gasteiger partial charge in [0.15, 0.2) is 0 Å². The van der Waals surface area contributed by atoms with Crippen molar-refractivity contribution in [1.29, 1.82) is 0 Å². The molecule has 140 valence electrons. The zero-order valence-electron chi connectivity index (χ0n) is 15.7. The first kappa shape index (κ1) is 17.9. The van der Waals surface area contributed by atoms with Crippen LogP contribution in [0.1, 0.15) is 27.2 Å². The Labute approximate surface area is 161 Å². The van der Waals surface area contributed by atoms with Gasteiger partial charge in [-0.25, -0.2) is 9.37 Å². The molecule has 0 atom stereocenters. The fourth-order valence-corrected chi connectivity index (χ4v) is 3.07. The number of rotatable bonds is 3. The van der Waals surface area contributed by atoms with Crippen LogP contribution < -0.4 is 5.32 Å². The fraction of sp³-hybridized carbons (Fsp3) is 0.136. The SMILES string of the molecule is Cc1ccc(-c2cc(C(=O)Nc3cc(C)ccc3F)c3c(C)noc3n2)cc1. The number of carbonyl (C=O) groups is 1. The molecule has 0 aliphatic heterocycles. The topological polar surface area (TPSA) is 68.0 Å². The average Bonchev–Trinajstić information content (AvgIpc) is 3.05. The Morgan fingerprint density at radius 3 is 2.46 bits per heavy atom. The van der Waals surface area contributed by atoms with Crippen LogP contribution in [-0.2, 0) is 0 Å². The number of halogens is 1. The summed E-state index contributed by atoms with van der Waals surface area (Å²) in [6.45, 7) is 5.57. The first-order valence-corrected chi connectivity index (χ1v) is 8.84. The lowest BCUT2D eigenvalue weighted by Gasteiger charge is -2.10. The van der Waals surface area contributed by atoms with Crippen molar-refractivity contribution in [2.24, 2.45) is 0 Å². The van der Waals surface area contributed by atoms with Crippen molar-refractivity contribution in [1.82, 2.24) is 10.1 Å². The molecule has 1 N–H and O–H groups in total. The number of fused-ring (bicyclic) bond motifs is 1. The number of anilines is 1. The second-order valence-corrected chi connectivity index (χ2v) is 6.81. The van der Waals surface area contributed by atoms with E-state index in [1.54, 1.807) is 25.1 Å². The maximum absolute atomic E-state index is 14.1. The van der Waals surface area contributed by atoms with Crippen LogP contribution in [0.15, 0.2) is 53.1 Å². The highest BCUT2D eigenvalue weighted by molar-refractivity contribution is 6.13. The molecule has 0 saturated carbocycles. The summed E-state index contributed by atoms with van der Waals surface area (Å²) in [4.78, 5) is 17.5. The van der Waals surface area contributed by atoms with E-state index in [1.807, 2.05) is 38.1 Å². The number of carbonyl (C=O) groups excluding carboxylic acids is 1. The maximum Gasteiger partial charge on any atom is 0.259 e. The summed E-state index contributed by atoms with van der Waals surface area (Å²) >= 11 is 0. The van der Waals surface area contributed by atoms with Crippen LogP contribution in [0.2, 0.25) is 0 Å². The number of nitrogens with one attached hydrogen (secondary N) is 1. The summed E-state index contributed by atoms with van der Waals surface area (Å²) in [7, 11) is 0. The van der Waals surface area contributed by atoms with Crippen LogP contribution in [0.4, 0.5) is 10.1 Å². The summed E-state index contributed by atoms with van der Waals surface area (Å²) in [6.07, 6.45) is 0. The lowest BCUT2D eigenvalue weighted by atomic mass is 10.0. The minimum Gasteiger partial charge on any atom is -0.335 e. The lowest BCUT2D eigenvalue weighted by molar-refractivity contribution is 0.102. The zero-order chi connectivity index (χ0) is 19.8. The minimum absolute atomic E-state index is 0.126. The smallest absolute Gasteiger partial charge is 0.259 e. The van der Waals surface area contributed by atoms with Crippen LogP contribution in [0.25, 0.3) is 22.4 Å². The lowest BCUT2D eigenvalue weighted by Crippen LogP contribution is -2.14. The van der Waals surface area contributed by atoms with E-state index in [2.05, 4.69) is 15.5 Å². The van der Waals surface area contributed by atoms with Crippen LogP contribution in [0.5, 0.6) is 0 Å². The van der Waals surface area contributed by atoms with E-state index in [0.717, 1.165) is 16.7 Å². The van der Waals surface area contributed by atoms with Gasteiger partial charge in [-0.1, -0.05) is 41.1 Å². The van der Waals surface area contributed by atoms with Gasteiger partial charge in [-0.15, -0.1) is 0 Å². The molecule has 6 heteroatoms. The van der Waals surface area contributed by atoms with E-state index in [4.69, 9.17) is 4.52 Å². The van der Waals surface area contributed by atoms with E-state index in [9.17, 15) is 9.18 Å². The van der Waals surface area contributed by atoms with Gasteiger partial charge >= 0.3 is 0 Å². The largest absolute Gasteiger partial charge is 0.335 e. The van der Waals surface area contributed by atoms with Gasteiger partial charge in [-0.3, -0.25) is 4.79 Å². The Hall–Kier alpha value is -3.54. The first-order valence-electron chi connectivity index (χ1n) is 8.84. The zero-order valence-corrected chi connectivity index (χ0v) is 15.7. The van der Waals surface area contributed by atoms with Crippen molar-refractivity contribution >= 4 is 22.7 Å². The molecule has 2 aromatic heterocycles. The maximum atomic E-state index is 14.1. The van der Waals surface area contributed by atoms with Crippen molar-refractivity contribution < 1.29 is 13.7 Å². The standard InChI is InChI=1S/C22H18FN3O2/c1-12-4-7-15(8-5-12)18-11-16(20-14(3)26-28-22(20)25-18)21(27)24-19-10-13(2)6-9-17(19)23/h4-11H,1-3H3,(H,24,27). The molecule has 0 aliphatic carbocycles. The Kier molecular flexibility index (Phi) is 4.39. The summed E-state index contributed by atoms with van der Waals surface area (Å²) < 4.78 is 19.4. The van der Waals surface area contributed by atoms with E-state index in [1.165, 1.54) is 6.07 Å². The molecule has 4 rings (SSSR count). The molecule has 0 bridgehead atoms. The summed E-state index contributed by atoms with van der Waals surface area (Å²) in [6, 6.07) is 14.0. The van der Waals surface area contributed by atoms with Crippen LogP contribution in [-0.4, -0.2) is 16.0 Å². The predicted molar refractivity (Wildman–Crippen MR) is 106 cm³/mol. The third kappa shape index (κ3) is 3.24.